The van der Waals surface area contributed by atoms with Gasteiger partial charge in [0.25, 0.3) is 0 Å². The van der Waals surface area contributed by atoms with Crippen LogP contribution in [0.25, 0.3) is 0 Å². The van der Waals surface area contributed by atoms with E-state index in [9.17, 15) is 4.79 Å². The Balaban J connectivity index is 2.25. The van der Waals surface area contributed by atoms with E-state index in [-0.39, 0.29) is 17.4 Å². The van der Waals surface area contributed by atoms with E-state index in [1.54, 1.807) is 0 Å². The summed E-state index contributed by atoms with van der Waals surface area (Å²) in [7, 11) is 0. The number of thioether (sulfide) groups is 1. The van der Waals surface area contributed by atoms with Crippen LogP contribution < -0.4 is 11.1 Å². The Morgan fingerprint density at radius 2 is 2.11 bits per heavy atom. The Bertz CT molecular complexity index is 288. The maximum atomic E-state index is 12.0. The molecule has 1 aliphatic carbocycles. The molecule has 0 bridgehead atoms. The normalized spacial score (nSPS) is 25.3. The second kappa shape index (κ2) is 7.53. The molecule has 4 heteroatoms. The van der Waals surface area contributed by atoms with Gasteiger partial charge in [-0.25, -0.2) is 0 Å². The van der Waals surface area contributed by atoms with E-state index in [0.29, 0.717) is 12.5 Å². The maximum Gasteiger partial charge on any atom is 0.221 e. The lowest BCUT2D eigenvalue weighted by Crippen LogP contribution is -2.38. The van der Waals surface area contributed by atoms with Crippen molar-refractivity contribution in [1.82, 2.24) is 5.32 Å². The first kappa shape index (κ1) is 16.8. The van der Waals surface area contributed by atoms with Crippen LogP contribution >= 0.6 is 11.8 Å². The average molecular weight is 286 g/mol. The molecular formula is C15H30N2OS. The largest absolute Gasteiger partial charge is 0.353 e. The monoisotopic (exact) mass is 286 g/mol. The van der Waals surface area contributed by atoms with Gasteiger partial charge in [-0.05, 0) is 36.9 Å². The van der Waals surface area contributed by atoms with Gasteiger partial charge in [-0.3, -0.25) is 4.79 Å². The van der Waals surface area contributed by atoms with Crippen LogP contribution in [-0.4, -0.2) is 29.0 Å². The molecule has 0 aliphatic heterocycles. The summed E-state index contributed by atoms with van der Waals surface area (Å²) >= 11 is 2.02. The second-order valence-electron chi connectivity index (χ2n) is 6.88. The highest BCUT2D eigenvalue weighted by molar-refractivity contribution is 7.99. The minimum Gasteiger partial charge on any atom is -0.353 e. The van der Waals surface area contributed by atoms with Gasteiger partial charge in [0, 0.05) is 23.8 Å². The van der Waals surface area contributed by atoms with Crippen LogP contribution in [0.15, 0.2) is 0 Å². The van der Waals surface area contributed by atoms with Crippen LogP contribution in [0, 0.1) is 5.41 Å². The Morgan fingerprint density at radius 1 is 1.42 bits per heavy atom. The van der Waals surface area contributed by atoms with E-state index in [1.807, 2.05) is 11.8 Å². The van der Waals surface area contributed by atoms with E-state index in [4.69, 9.17) is 5.73 Å². The van der Waals surface area contributed by atoms with Gasteiger partial charge in [0.2, 0.25) is 5.91 Å². The molecule has 1 rings (SSSR count). The van der Waals surface area contributed by atoms with Crippen LogP contribution in [0.4, 0.5) is 0 Å². The molecule has 0 saturated heterocycles. The van der Waals surface area contributed by atoms with E-state index in [0.717, 1.165) is 24.5 Å². The van der Waals surface area contributed by atoms with Crippen molar-refractivity contribution in [2.75, 3.05) is 5.75 Å². The number of amides is 1. The highest BCUT2D eigenvalue weighted by Gasteiger charge is 2.26. The van der Waals surface area contributed by atoms with Crippen LogP contribution in [0.2, 0.25) is 0 Å². The van der Waals surface area contributed by atoms with Crippen molar-refractivity contribution in [2.45, 2.75) is 77.1 Å². The summed E-state index contributed by atoms with van der Waals surface area (Å²) < 4.78 is 0. The van der Waals surface area contributed by atoms with Gasteiger partial charge >= 0.3 is 0 Å². The Hall–Kier alpha value is -0.220. The zero-order chi connectivity index (χ0) is 14.5. The van der Waals surface area contributed by atoms with Gasteiger partial charge in [-0.15, -0.1) is 0 Å². The predicted octanol–water partition coefficient (Wildman–Crippen LogP) is 2.93. The van der Waals surface area contributed by atoms with Gasteiger partial charge in [0.05, 0.1) is 0 Å². The van der Waals surface area contributed by atoms with Gasteiger partial charge in [-0.2, -0.15) is 11.8 Å². The highest BCUT2D eigenvalue weighted by Crippen LogP contribution is 2.29. The zero-order valence-corrected chi connectivity index (χ0v) is 13.7. The fraction of sp³-hybridized carbons (Fsp3) is 0.933. The summed E-state index contributed by atoms with van der Waals surface area (Å²) in [5.74, 6) is 1.30. The SMILES string of the molecule is CCSC1CCC(NC(=O)CC(N)CC(C)(C)C)C1. The third-order valence-electron chi connectivity index (χ3n) is 3.47. The van der Waals surface area contributed by atoms with Crippen molar-refractivity contribution in [3.63, 3.8) is 0 Å². The van der Waals surface area contributed by atoms with Gasteiger partial charge < -0.3 is 11.1 Å². The molecule has 0 aromatic heterocycles. The number of carbonyl (C=O) groups is 1. The molecule has 3 nitrogen and oxygen atoms in total. The number of carbonyl (C=O) groups excluding carboxylic acids is 1. The molecule has 3 unspecified atom stereocenters. The molecule has 0 heterocycles. The lowest BCUT2D eigenvalue weighted by Gasteiger charge is -2.23. The van der Waals surface area contributed by atoms with Crippen molar-refractivity contribution < 1.29 is 4.79 Å². The van der Waals surface area contributed by atoms with Crippen molar-refractivity contribution >= 4 is 17.7 Å². The molecule has 3 atom stereocenters. The van der Waals surface area contributed by atoms with E-state index < -0.39 is 0 Å². The third kappa shape index (κ3) is 7.21. The summed E-state index contributed by atoms with van der Waals surface area (Å²) in [6, 6.07) is 0.348. The van der Waals surface area contributed by atoms with Crippen molar-refractivity contribution in [3.8, 4) is 0 Å². The van der Waals surface area contributed by atoms with Gasteiger partial charge in [0.15, 0.2) is 0 Å². The first-order valence-electron chi connectivity index (χ1n) is 7.46. The first-order valence-corrected chi connectivity index (χ1v) is 8.51. The third-order valence-corrected chi connectivity index (χ3v) is 4.71. The number of nitrogens with one attached hydrogen (secondary N) is 1. The van der Waals surface area contributed by atoms with E-state index >= 15 is 0 Å². The molecule has 1 fully saturated rings. The predicted molar refractivity (Wildman–Crippen MR) is 84.4 cm³/mol. The molecule has 0 aromatic carbocycles. The molecular weight excluding hydrogens is 256 g/mol. The van der Waals surface area contributed by atoms with E-state index in [2.05, 4.69) is 33.0 Å². The average Bonchev–Trinajstić information content (AvgIpc) is 2.62. The van der Waals surface area contributed by atoms with Crippen LogP contribution in [0.3, 0.4) is 0 Å². The van der Waals surface area contributed by atoms with Gasteiger partial charge in [-0.1, -0.05) is 27.7 Å². The smallest absolute Gasteiger partial charge is 0.221 e. The molecule has 112 valence electrons. The summed E-state index contributed by atoms with van der Waals surface area (Å²) in [6.45, 7) is 8.68. The fourth-order valence-corrected chi connectivity index (χ4v) is 3.98. The standard InChI is InChI=1S/C15H30N2OS/c1-5-19-13-7-6-12(9-13)17-14(18)8-11(16)10-15(2,3)4/h11-13H,5-10,16H2,1-4H3,(H,17,18). The van der Waals surface area contributed by atoms with Crippen LogP contribution in [-0.2, 0) is 4.79 Å². The molecule has 3 N–H and O–H groups in total. The second-order valence-corrected chi connectivity index (χ2v) is 8.46. The Morgan fingerprint density at radius 3 is 2.68 bits per heavy atom. The Labute approximate surface area is 122 Å². The quantitative estimate of drug-likeness (QED) is 0.789. The molecule has 0 spiro atoms. The summed E-state index contributed by atoms with van der Waals surface area (Å²) in [5, 5.41) is 3.89. The number of nitrogens with two attached hydrogens (primary N) is 1. The highest BCUT2D eigenvalue weighted by atomic mass is 32.2. The topological polar surface area (TPSA) is 55.1 Å². The number of hydrogen-bond donors (Lipinski definition) is 2. The van der Waals surface area contributed by atoms with Crippen LogP contribution in [0.1, 0.15) is 59.8 Å². The maximum absolute atomic E-state index is 12.0. The zero-order valence-electron chi connectivity index (χ0n) is 12.9. The minimum atomic E-state index is -0.0257. The van der Waals surface area contributed by atoms with Crippen molar-refractivity contribution in [3.05, 3.63) is 0 Å². The van der Waals surface area contributed by atoms with Crippen molar-refractivity contribution in [2.24, 2.45) is 11.1 Å². The Kier molecular flexibility index (Phi) is 6.67. The van der Waals surface area contributed by atoms with Gasteiger partial charge in [0.1, 0.15) is 0 Å². The molecule has 1 amide bonds. The summed E-state index contributed by atoms with van der Waals surface area (Å²) in [4.78, 5) is 12.0. The first-order chi connectivity index (χ1) is 8.80. The molecule has 1 aliphatic rings. The number of hydrogen-bond acceptors (Lipinski definition) is 3. The molecule has 19 heavy (non-hydrogen) atoms. The molecule has 0 aromatic rings. The van der Waals surface area contributed by atoms with E-state index in [1.165, 1.54) is 12.2 Å². The number of rotatable bonds is 6. The fourth-order valence-electron chi connectivity index (χ4n) is 2.84. The minimum absolute atomic E-state index is 0.0257. The molecule has 0 radical (unpaired) electrons. The summed E-state index contributed by atoms with van der Waals surface area (Å²) in [6.07, 6.45) is 4.83. The molecule has 1 saturated carbocycles. The lowest BCUT2D eigenvalue weighted by atomic mass is 9.87. The lowest BCUT2D eigenvalue weighted by molar-refractivity contribution is -0.122. The summed E-state index contributed by atoms with van der Waals surface area (Å²) in [5.41, 5.74) is 6.24. The van der Waals surface area contributed by atoms with Crippen LogP contribution in [0.5, 0.6) is 0 Å². The van der Waals surface area contributed by atoms with Crippen molar-refractivity contribution in [1.29, 1.82) is 0 Å².